The van der Waals surface area contributed by atoms with Crippen LogP contribution in [0.3, 0.4) is 0 Å². The van der Waals surface area contributed by atoms with Crippen molar-refractivity contribution in [3.8, 4) is 0 Å². The van der Waals surface area contributed by atoms with Crippen LogP contribution in [0, 0.1) is 12.3 Å². The van der Waals surface area contributed by atoms with Crippen molar-refractivity contribution in [2.24, 2.45) is 11.1 Å². The van der Waals surface area contributed by atoms with Crippen LogP contribution >= 0.6 is 0 Å². The fourth-order valence-corrected chi connectivity index (χ4v) is 2.13. The van der Waals surface area contributed by atoms with Crippen molar-refractivity contribution < 1.29 is 9.15 Å². The van der Waals surface area contributed by atoms with Crippen LogP contribution in [-0.2, 0) is 11.3 Å². The maximum atomic E-state index is 5.78. The summed E-state index contributed by atoms with van der Waals surface area (Å²) in [4.78, 5) is 2.24. The lowest BCUT2D eigenvalue weighted by Crippen LogP contribution is -2.54. The van der Waals surface area contributed by atoms with E-state index in [4.69, 9.17) is 14.9 Å². The summed E-state index contributed by atoms with van der Waals surface area (Å²) in [7, 11) is 2.09. The van der Waals surface area contributed by atoms with E-state index in [1.165, 1.54) is 0 Å². The Bertz CT molecular complexity index is 339. The van der Waals surface area contributed by atoms with Gasteiger partial charge in [-0.2, -0.15) is 0 Å². The van der Waals surface area contributed by atoms with Crippen LogP contribution in [0.5, 0.6) is 0 Å². The Hall–Kier alpha value is -0.840. The van der Waals surface area contributed by atoms with Crippen molar-refractivity contribution in [3.05, 3.63) is 23.7 Å². The Morgan fingerprint density at radius 2 is 2.19 bits per heavy atom. The van der Waals surface area contributed by atoms with Crippen molar-refractivity contribution in [3.63, 3.8) is 0 Å². The first-order chi connectivity index (χ1) is 7.63. The molecular weight excluding hydrogens is 204 g/mol. The van der Waals surface area contributed by atoms with Crippen LogP contribution in [0.1, 0.15) is 11.5 Å². The predicted octanol–water partition coefficient (Wildman–Crippen LogP) is 0.995. The van der Waals surface area contributed by atoms with Crippen molar-refractivity contribution in [2.45, 2.75) is 13.5 Å². The molecule has 1 aliphatic rings. The molecule has 16 heavy (non-hydrogen) atoms. The molecule has 2 heterocycles. The van der Waals surface area contributed by atoms with Gasteiger partial charge in [0.1, 0.15) is 11.5 Å². The minimum Gasteiger partial charge on any atom is -0.465 e. The van der Waals surface area contributed by atoms with Crippen LogP contribution in [0.2, 0.25) is 0 Å². The third-order valence-electron chi connectivity index (χ3n) is 3.08. The normalized spacial score (nSPS) is 18.8. The third-order valence-corrected chi connectivity index (χ3v) is 3.08. The third kappa shape index (κ3) is 2.45. The highest BCUT2D eigenvalue weighted by molar-refractivity contribution is 5.05. The average molecular weight is 224 g/mol. The summed E-state index contributed by atoms with van der Waals surface area (Å²) in [6.07, 6.45) is 0. The summed E-state index contributed by atoms with van der Waals surface area (Å²) >= 11 is 0. The number of aryl methyl sites for hydroxylation is 1. The van der Waals surface area contributed by atoms with Gasteiger partial charge in [-0.05, 0) is 26.1 Å². The zero-order chi connectivity index (χ0) is 11.6. The quantitative estimate of drug-likeness (QED) is 0.810. The molecular formula is C12H20N2O2. The summed E-state index contributed by atoms with van der Waals surface area (Å²) in [6.45, 7) is 6.01. The van der Waals surface area contributed by atoms with Gasteiger partial charge in [0.25, 0.3) is 0 Å². The molecule has 1 saturated heterocycles. The smallest absolute Gasteiger partial charge is 0.118 e. The van der Waals surface area contributed by atoms with E-state index >= 15 is 0 Å². The summed E-state index contributed by atoms with van der Waals surface area (Å²) in [5, 5.41) is 0. The number of nitrogens with zero attached hydrogens (tertiary/aromatic N) is 1. The van der Waals surface area contributed by atoms with E-state index in [0.29, 0.717) is 6.54 Å². The van der Waals surface area contributed by atoms with Crippen molar-refractivity contribution in [1.29, 1.82) is 0 Å². The molecule has 1 aliphatic heterocycles. The standard InChI is InChI=1S/C12H20N2O2/c1-10-3-4-11(16-10)5-14(2)7-12(6-13)8-15-9-12/h3-4H,5-9,13H2,1-2H3. The molecule has 0 amide bonds. The first-order valence-electron chi connectivity index (χ1n) is 5.65. The average Bonchev–Trinajstić information content (AvgIpc) is 2.57. The Balaban J connectivity index is 1.86. The van der Waals surface area contributed by atoms with Gasteiger partial charge < -0.3 is 14.9 Å². The Kier molecular flexibility index (Phi) is 3.33. The van der Waals surface area contributed by atoms with Crippen LogP contribution in [0.25, 0.3) is 0 Å². The minimum absolute atomic E-state index is 0.163. The van der Waals surface area contributed by atoms with Crippen molar-refractivity contribution in [1.82, 2.24) is 4.90 Å². The molecule has 0 saturated carbocycles. The summed E-state index contributed by atoms with van der Waals surface area (Å²) in [5.41, 5.74) is 5.95. The summed E-state index contributed by atoms with van der Waals surface area (Å²) in [5.74, 6) is 1.97. The Labute approximate surface area is 96.4 Å². The molecule has 0 atom stereocenters. The first-order valence-corrected chi connectivity index (χ1v) is 5.65. The predicted molar refractivity (Wildman–Crippen MR) is 62.1 cm³/mol. The van der Waals surface area contributed by atoms with E-state index in [2.05, 4.69) is 11.9 Å². The van der Waals surface area contributed by atoms with Gasteiger partial charge in [-0.1, -0.05) is 0 Å². The lowest BCUT2D eigenvalue weighted by molar-refractivity contribution is -0.119. The molecule has 4 nitrogen and oxygen atoms in total. The number of nitrogens with two attached hydrogens (primary N) is 1. The number of hydrogen-bond donors (Lipinski definition) is 1. The number of furan rings is 1. The minimum atomic E-state index is 0.163. The van der Waals surface area contributed by atoms with Crippen LogP contribution in [-0.4, -0.2) is 38.3 Å². The second kappa shape index (κ2) is 4.57. The molecule has 90 valence electrons. The van der Waals surface area contributed by atoms with Gasteiger partial charge in [-0.25, -0.2) is 0 Å². The lowest BCUT2D eigenvalue weighted by atomic mass is 9.85. The SMILES string of the molecule is Cc1ccc(CN(C)CC2(CN)COC2)o1. The Morgan fingerprint density at radius 1 is 1.44 bits per heavy atom. The van der Waals surface area contributed by atoms with E-state index in [0.717, 1.165) is 37.8 Å². The van der Waals surface area contributed by atoms with Crippen LogP contribution < -0.4 is 5.73 Å². The lowest BCUT2D eigenvalue weighted by Gasteiger charge is -2.42. The summed E-state index contributed by atoms with van der Waals surface area (Å²) in [6, 6.07) is 4.02. The topological polar surface area (TPSA) is 51.6 Å². The van der Waals surface area contributed by atoms with Gasteiger partial charge in [0.05, 0.1) is 19.8 Å². The molecule has 0 bridgehead atoms. The number of ether oxygens (including phenoxy) is 1. The van der Waals surface area contributed by atoms with Gasteiger partial charge in [0, 0.05) is 18.5 Å². The highest BCUT2D eigenvalue weighted by atomic mass is 16.5. The van der Waals surface area contributed by atoms with Gasteiger partial charge in [0.2, 0.25) is 0 Å². The maximum absolute atomic E-state index is 5.78. The molecule has 0 unspecified atom stereocenters. The van der Waals surface area contributed by atoms with Crippen LogP contribution in [0.4, 0.5) is 0 Å². The van der Waals surface area contributed by atoms with Gasteiger partial charge in [-0.15, -0.1) is 0 Å². The molecule has 2 N–H and O–H groups in total. The molecule has 4 heteroatoms. The van der Waals surface area contributed by atoms with E-state index in [1.54, 1.807) is 0 Å². The fourth-order valence-electron chi connectivity index (χ4n) is 2.13. The maximum Gasteiger partial charge on any atom is 0.118 e. The molecule has 1 aromatic heterocycles. The fraction of sp³-hybridized carbons (Fsp3) is 0.667. The zero-order valence-corrected chi connectivity index (χ0v) is 10.0. The van der Waals surface area contributed by atoms with Crippen LogP contribution in [0.15, 0.2) is 16.5 Å². The highest BCUT2D eigenvalue weighted by Crippen LogP contribution is 2.27. The van der Waals surface area contributed by atoms with E-state index < -0.39 is 0 Å². The molecule has 0 aliphatic carbocycles. The molecule has 0 aromatic carbocycles. The molecule has 1 fully saturated rings. The number of rotatable bonds is 5. The summed E-state index contributed by atoms with van der Waals surface area (Å²) < 4.78 is 10.8. The van der Waals surface area contributed by atoms with Gasteiger partial charge in [-0.3, -0.25) is 4.90 Å². The molecule has 1 aromatic rings. The zero-order valence-electron chi connectivity index (χ0n) is 10.0. The molecule has 0 spiro atoms. The second-order valence-electron chi connectivity index (χ2n) is 4.88. The van der Waals surface area contributed by atoms with Gasteiger partial charge in [0.15, 0.2) is 0 Å². The van der Waals surface area contributed by atoms with Crippen molar-refractivity contribution >= 4 is 0 Å². The van der Waals surface area contributed by atoms with E-state index in [1.807, 2.05) is 19.1 Å². The molecule has 0 radical (unpaired) electrons. The number of hydrogen-bond acceptors (Lipinski definition) is 4. The van der Waals surface area contributed by atoms with Crippen molar-refractivity contribution in [2.75, 3.05) is 33.4 Å². The Morgan fingerprint density at radius 3 is 2.62 bits per heavy atom. The first kappa shape index (κ1) is 11.6. The highest BCUT2D eigenvalue weighted by Gasteiger charge is 2.38. The van der Waals surface area contributed by atoms with E-state index in [9.17, 15) is 0 Å². The molecule has 2 rings (SSSR count). The van der Waals surface area contributed by atoms with Gasteiger partial charge >= 0.3 is 0 Å². The second-order valence-corrected chi connectivity index (χ2v) is 4.88. The van der Waals surface area contributed by atoms with E-state index in [-0.39, 0.29) is 5.41 Å². The monoisotopic (exact) mass is 224 g/mol. The largest absolute Gasteiger partial charge is 0.465 e.